The molecule has 0 saturated carbocycles. The second kappa shape index (κ2) is 4.87. The van der Waals surface area contributed by atoms with Gasteiger partial charge in [-0.3, -0.25) is 0 Å². The third-order valence-corrected chi connectivity index (χ3v) is 3.97. The van der Waals surface area contributed by atoms with Crippen LogP contribution in [0.5, 0.6) is 0 Å². The Kier molecular flexibility index (Phi) is 2.89. The van der Waals surface area contributed by atoms with E-state index in [0.717, 1.165) is 42.8 Å². The molecule has 1 aliphatic carbocycles. The lowest BCUT2D eigenvalue weighted by molar-refractivity contribution is -0.0394. The molecule has 1 fully saturated rings. The van der Waals surface area contributed by atoms with Crippen LogP contribution in [0.25, 0.3) is 17.3 Å². The van der Waals surface area contributed by atoms with Gasteiger partial charge in [-0.2, -0.15) is 5.10 Å². The highest BCUT2D eigenvalue weighted by molar-refractivity contribution is 5.63. The van der Waals surface area contributed by atoms with Crippen molar-refractivity contribution in [3.63, 3.8) is 0 Å². The van der Waals surface area contributed by atoms with Gasteiger partial charge in [0.05, 0.1) is 17.6 Å². The highest BCUT2D eigenvalue weighted by atomic mass is 16.5. The zero-order valence-electron chi connectivity index (χ0n) is 11.3. The summed E-state index contributed by atoms with van der Waals surface area (Å²) in [5.74, 6) is 0. The summed E-state index contributed by atoms with van der Waals surface area (Å²) in [6, 6.07) is 4.24. The number of fused-ring (bicyclic) bond motifs is 1. The molecule has 3 heterocycles. The Balaban J connectivity index is 1.62. The summed E-state index contributed by atoms with van der Waals surface area (Å²) in [7, 11) is 0. The Bertz CT molecular complexity index is 653. The first-order valence-electron chi connectivity index (χ1n) is 7.23. The largest absolute Gasteiger partial charge is 0.357 e. The van der Waals surface area contributed by atoms with Gasteiger partial charge in [-0.15, -0.1) is 0 Å². The van der Waals surface area contributed by atoms with Crippen LogP contribution in [-0.4, -0.2) is 21.4 Å². The van der Waals surface area contributed by atoms with Gasteiger partial charge in [0.2, 0.25) is 0 Å². The van der Waals surface area contributed by atoms with Gasteiger partial charge in [0.25, 0.3) is 0 Å². The van der Waals surface area contributed by atoms with Crippen molar-refractivity contribution in [2.75, 3.05) is 6.61 Å². The first-order valence-corrected chi connectivity index (χ1v) is 7.23. The Morgan fingerprint density at radius 1 is 1.25 bits per heavy atom. The number of pyridine rings is 1. The Morgan fingerprint density at radius 3 is 3.15 bits per heavy atom. The van der Waals surface area contributed by atoms with Crippen molar-refractivity contribution in [3.8, 4) is 11.3 Å². The van der Waals surface area contributed by atoms with Gasteiger partial charge in [-0.05, 0) is 43.4 Å². The molecule has 0 spiro atoms. The minimum Gasteiger partial charge on any atom is -0.357 e. The minimum absolute atomic E-state index is 0.0897. The van der Waals surface area contributed by atoms with Crippen molar-refractivity contribution in [3.05, 3.63) is 41.9 Å². The van der Waals surface area contributed by atoms with Gasteiger partial charge < -0.3 is 4.74 Å². The molecule has 1 aliphatic heterocycles. The first-order chi connectivity index (χ1) is 9.90. The summed E-state index contributed by atoms with van der Waals surface area (Å²) in [5, 5.41) is 4.44. The van der Waals surface area contributed by atoms with Crippen molar-refractivity contribution in [2.24, 2.45) is 0 Å². The number of hydrogen-bond donors (Lipinski definition) is 0. The summed E-state index contributed by atoms with van der Waals surface area (Å²) >= 11 is 0. The molecule has 0 amide bonds. The van der Waals surface area contributed by atoms with Crippen LogP contribution in [0.15, 0.2) is 30.6 Å². The van der Waals surface area contributed by atoms with E-state index in [0.29, 0.717) is 0 Å². The van der Waals surface area contributed by atoms with Crippen LogP contribution in [0.1, 0.15) is 36.7 Å². The summed E-state index contributed by atoms with van der Waals surface area (Å²) in [6.45, 7) is 0.835. The molecular formula is C16H17N3O. The number of allylic oxidation sites excluding steroid dienone is 1. The van der Waals surface area contributed by atoms with E-state index >= 15 is 0 Å². The third-order valence-electron chi connectivity index (χ3n) is 3.97. The molecule has 102 valence electrons. The maximum atomic E-state index is 5.76. The predicted octanol–water partition coefficient (Wildman–Crippen LogP) is 3.21. The summed E-state index contributed by atoms with van der Waals surface area (Å²) < 4.78 is 7.69. The van der Waals surface area contributed by atoms with Crippen LogP contribution in [0.3, 0.4) is 0 Å². The Hall–Kier alpha value is -1.94. The molecule has 4 rings (SSSR count). The van der Waals surface area contributed by atoms with Crippen molar-refractivity contribution in [1.29, 1.82) is 0 Å². The van der Waals surface area contributed by atoms with E-state index in [1.54, 1.807) is 0 Å². The monoisotopic (exact) mass is 267 g/mol. The maximum Gasteiger partial charge on any atom is 0.150 e. The number of ether oxygens (including phenoxy) is 1. The molecule has 1 atom stereocenters. The normalized spacial score (nSPS) is 21.1. The van der Waals surface area contributed by atoms with Crippen LogP contribution in [-0.2, 0) is 11.2 Å². The van der Waals surface area contributed by atoms with Crippen molar-refractivity contribution >= 4 is 6.08 Å². The molecule has 4 heteroatoms. The van der Waals surface area contributed by atoms with Gasteiger partial charge in [-0.1, -0.05) is 12.1 Å². The van der Waals surface area contributed by atoms with Gasteiger partial charge in [0.15, 0.2) is 0 Å². The SMILES string of the molecule is C1=Cc2nc(-c3cnn(C4CCCCO4)c3)ccc2C1. The fourth-order valence-corrected chi connectivity index (χ4v) is 2.84. The smallest absolute Gasteiger partial charge is 0.150 e. The summed E-state index contributed by atoms with van der Waals surface area (Å²) in [4.78, 5) is 4.70. The highest BCUT2D eigenvalue weighted by Crippen LogP contribution is 2.26. The molecule has 1 saturated heterocycles. The zero-order chi connectivity index (χ0) is 13.4. The van der Waals surface area contributed by atoms with E-state index in [1.165, 1.54) is 12.0 Å². The van der Waals surface area contributed by atoms with Gasteiger partial charge in [0, 0.05) is 18.4 Å². The number of hydrogen-bond acceptors (Lipinski definition) is 3. The first kappa shape index (κ1) is 11.9. The van der Waals surface area contributed by atoms with Crippen molar-refractivity contribution < 1.29 is 4.74 Å². The van der Waals surface area contributed by atoms with E-state index < -0.39 is 0 Å². The van der Waals surface area contributed by atoms with Crippen LogP contribution >= 0.6 is 0 Å². The summed E-state index contributed by atoms with van der Waals surface area (Å²) in [6.07, 6.45) is 12.7. The molecule has 20 heavy (non-hydrogen) atoms. The topological polar surface area (TPSA) is 39.9 Å². The molecule has 0 aromatic carbocycles. The zero-order valence-corrected chi connectivity index (χ0v) is 11.3. The molecule has 0 N–H and O–H groups in total. The lowest BCUT2D eigenvalue weighted by Crippen LogP contribution is -2.18. The molecule has 2 aromatic rings. The summed E-state index contributed by atoms with van der Waals surface area (Å²) in [5.41, 5.74) is 4.43. The molecule has 1 unspecified atom stereocenters. The molecular weight excluding hydrogens is 250 g/mol. The molecule has 4 nitrogen and oxygen atoms in total. The van der Waals surface area contributed by atoms with Gasteiger partial charge in [-0.25, -0.2) is 9.67 Å². The number of rotatable bonds is 2. The second-order valence-corrected chi connectivity index (χ2v) is 5.38. The minimum atomic E-state index is 0.0897. The third kappa shape index (κ3) is 2.06. The quantitative estimate of drug-likeness (QED) is 0.838. The second-order valence-electron chi connectivity index (χ2n) is 5.38. The molecule has 2 aliphatic rings. The van der Waals surface area contributed by atoms with Crippen LogP contribution in [0.4, 0.5) is 0 Å². The fourth-order valence-electron chi connectivity index (χ4n) is 2.84. The van der Waals surface area contributed by atoms with Crippen molar-refractivity contribution in [2.45, 2.75) is 31.9 Å². The van der Waals surface area contributed by atoms with E-state index in [4.69, 9.17) is 9.72 Å². The standard InChI is InChI=1S/C16H17N3O/c1-2-9-20-16(6-1)19-11-13(10-17-19)15-8-7-12-4-3-5-14(12)18-15/h3,5,7-8,10-11,16H,1-2,4,6,9H2. The molecule has 0 bridgehead atoms. The molecule has 0 radical (unpaired) electrons. The average molecular weight is 267 g/mol. The number of nitrogens with zero attached hydrogens (tertiary/aromatic N) is 3. The van der Waals surface area contributed by atoms with Crippen LogP contribution in [0, 0.1) is 0 Å². The lowest BCUT2D eigenvalue weighted by Gasteiger charge is -2.22. The maximum absolute atomic E-state index is 5.76. The van der Waals surface area contributed by atoms with Crippen LogP contribution < -0.4 is 0 Å². The van der Waals surface area contributed by atoms with E-state index in [2.05, 4.69) is 29.4 Å². The number of aromatic nitrogens is 3. The van der Waals surface area contributed by atoms with Crippen LogP contribution in [0.2, 0.25) is 0 Å². The van der Waals surface area contributed by atoms with Gasteiger partial charge in [0.1, 0.15) is 6.23 Å². The van der Waals surface area contributed by atoms with E-state index in [1.807, 2.05) is 17.1 Å². The predicted molar refractivity (Wildman–Crippen MR) is 77.0 cm³/mol. The molecule has 2 aromatic heterocycles. The van der Waals surface area contributed by atoms with Crippen molar-refractivity contribution in [1.82, 2.24) is 14.8 Å². The Morgan fingerprint density at radius 2 is 2.25 bits per heavy atom. The fraction of sp³-hybridized carbons (Fsp3) is 0.375. The van der Waals surface area contributed by atoms with Gasteiger partial charge >= 0.3 is 0 Å². The van der Waals surface area contributed by atoms with E-state index in [9.17, 15) is 0 Å². The lowest BCUT2D eigenvalue weighted by atomic mass is 10.1. The highest BCUT2D eigenvalue weighted by Gasteiger charge is 2.17. The average Bonchev–Trinajstić information content (AvgIpc) is 3.16. The Labute approximate surface area is 118 Å². The van der Waals surface area contributed by atoms with E-state index in [-0.39, 0.29) is 6.23 Å².